The van der Waals surface area contributed by atoms with Crippen LogP contribution in [0.5, 0.6) is 0 Å². The van der Waals surface area contributed by atoms with Gasteiger partial charge in [-0.25, -0.2) is 0 Å². The topological polar surface area (TPSA) is 0 Å². The van der Waals surface area contributed by atoms with Gasteiger partial charge >= 0.3 is 0 Å². The third-order valence-electron chi connectivity index (χ3n) is 1.46. The van der Waals surface area contributed by atoms with Crippen LogP contribution in [-0.4, -0.2) is 3.92 Å². The van der Waals surface area contributed by atoms with Crippen molar-refractivity contribution in [3.63, 3.8) is 0 Å². The van der Waals surface area contributed by atoms with Gasteiger partial charge in [-0.3, -0.25) is 4.70 Å². The summed E-state index contributed by atoms with van der Waals surface area (Å²) < 4.78 is 0.874. The van der Waals surface area contributed by atoms with E-state index < -0.39 is 0 Å². The molecule has 0 spiro atoms. The molecule has 0 aliphatic rings. The molecule has 0 aromatic carbocycles. The number of alkyl halides is 1. The van der Waals surface area contributed by atoms with E-state index in [-0.39, 0.29) is 4.70 Å². The molecule has 0 N–H and O–H groups in total. The van der Waals surface area contributed by atoms with Gasteiger partial charge in [0.2, 0.25) is 0 Å². The normalized spacial score (nSPS) is 12.3. The maximum atomic E-state index is 2.49. The van der Waals surface area contributed by atoms with E-state index in [1.165, 1.54) is 32.1 Å². The number of halogens is 2. The minimum Gasteiger partial charge on any atom is -0.269 e. The Balaban J connectivity index is 0. The van der Waals surface area contributed by atoms with Crippen molar-refractivity contribution in [1.29, 1.82) is 0 Å². The van der Waals surface area contributed by atoms with E-state index in [1.807, 2.05) is 0 Å². The van der Waals surface area contributed by atoms with Crippen LogP contribution in [0.2, 0.25) is 0 Å². The van der Waals surface area contributed by atoms with Gasteiger partial charge < -0.3 is 0 Å². The average Bonchev–Trinajstić information content (AvgIpc) is 1.80. The second-order valence-electron chi connectivity index (χ2n) is 2.63. The lowest BCUT2D eigenvalue weighted by molar-refractivity contribution is 0.637. The molecule has 0 radical (unpaired) electrons. The molecule has 0 fully saturated rings. The fraction of sp³-hybridized carbons (Fsp3) is 1.00. The largest absolute Gasteiger partial charge is 0.269 e. The van der Waals surface area contributed by atoms with Gasteiger partial charge in [0, 0.05) is 3.92 Å². The number of unbranched alkanes of at least 4 members (excludes halogenated alkanes) is 3. The Hall–Kier alpha value is 0.660. The smallest absolute Gasteiger partial charge is 0.00813 e. The molecule has 0 aliphatic carbocycles. The molecular weight excluding hydrogens is 242 g/mol. The summed E-state index contributed by atoms with van der Waals surface area (Å²) in [5, 5.41) is 0. The molecular formula is C8H18FI. The summed E-state index contributed by atoms with van der Waals surface area (Å²) in [5.41, 5.74) is 0. The lowest BCUT2D eigenvalue weighted by atomic mass is 10.1. The summed E-state index contributed by atoms with van der Waals surface area (Å²) >= 11 is 2.49. The Kier molecular flexibility index (Phi) is 12.8. The van der Waals surface area contributed by atoms with Crippen LogP contribution in [0.1, 0.15) is 46.0 Å². The first-order valence-corrected chi connectivity index (χ1v) is 5.16. The third kappa shape index (κ3) is 11.5. The summed E-state index contributed by atoms with van der Waals surface area (Å²) in [6, 6.07) is 0. The van der Waals surface area contributed by atoms with Crippen LogP contribution >= 0.6 is 22.6 Å². The molecule has 0 bridgehead atoms. The second kappa shape index (κ2) is 9.66. The van der Waals surface area contributed by atoms with E-state index in [0.717, 1.165) is 3.92 Å². The lowest BCUT2D eigenvalue weighted by Crippen LogP contribution is -1.88. The van der Waals surface area contributed by atoms with Gasteiger partial charge in [0.1, 0.15) is 0 Å². The number of hydrogen-bond acceptors (Lipinski definition) is 0. The van der Waals surface area contributed by atoms with Crippen LogP contribution < -0.4 is 0 Å². The van der Waals surface area contributed by atoms with E-state index in [9.17, 15) is 0 Å². The van der Waals surface area contributed by atoms with Crippen molar-refractivity contribution >= 4 is 22.6 Å². The Bertz CT molecular complexity index is 55.2. The highest BCUT2D eigenvalue weighted by atomic mass is 127. The first kappa shape index (κ1) is 13.3. The Morgan fingerprint density at radius 2 is 1.80 bits per heavy atom. The van der Waals surface area contributed by atoms with Crippen LogP contribution in [0.15, 0.2) is 0 Å². The van der Waals surface area contributed by atoms with Gasteiger partial charge in [-0.2, -0.15) is 0 Å². The van der Waals surface area contributed by atoms with Crippen molar-refractivity contribution in [3.8, 4) is 0 Å². The zero-order valence-electron chi connectivity index (χ0n) is 6.90. The quantitative estimate of drug-likeness (QED) is 0.399. The van der Waals surface area contributed by atoms with Crippen molar-refractivity contribution in [2.45, 2.75) is 49.9 Å². The van der Waals surface area contributed by atoms with Gasteiger partial charge in [-0.1, -0.05) is 62.1 Å². The number of rotatable bonds is 5. The Morgan fingerprint density at radius 3 is 2.20 bits per heavy atom. The van der Waals surface area contributed by atoms with Gasteiger partial charge in [0.15, 0.2) is 0 Å². The molecule has 0 nitrogen and oxygen atoms in total. The first-order valence-electron chi connectivity index (χ1n) is 3.91. The fourth-order valence-electron chi connectivity index (χ4n) is 0.852. The van der Waals surface area contributed by atoms with Crippen LogP contribution in [-0.2, 0) is 0 Å². The molecule has 10 heavy (non-hydrogen) atoms. The highest BCUT2D eigenvalue weighted by Gasteiger charge is 1.93. The molecule has 0 aromatic rings. The Labute approximate surface area is 77.3 Å². The molecule has 0 heterocycles. The zero-order chi connectivity index (χ0) is 7.11. The van der Waals surface area contributed by atoms with Crippen LogP contribution in [0.3, 0.4) is 0 Å². The van der Waals surface area contributed by atoms with Gasteiger partial charge in [0.25, 0.3) is 0 Å². The minimum atomic E-state index is 0. The lowest BCUT2D eigenvalue weighted by Gasteiger charge is -2.00. The Morgan fingerprint density at radius 1 is 1.20 bits per heavy atom. The van der Waals surface area contributed by atoms with Crippen molar-refractivity contribution in [1.82, 2.24) is 0 Å². The third-order valence-corrected chi connectivity index (χ3v) is 2.08. The zero-order valence-corrected chi connectivity index (χ0v) is 9.06. The van der Waals surface area contributed by atoms with E-state index >= 15 is 0 Å². The van der Waals surface area contributed by atoms with Crippen LogP contribution in [0.25, 0.3) is 0 Å². The molecule has 0 aromatic heterocycles. The molecule has 0 saturated heterocycles. The predicted molar refractivity (Wildman–Crippen MR) is 54.7 cm³/mol. The maximum Gasteiger partial charge on any atom is 0.00813 e. The standard InChI is InChI=1S/C8H17I.FH/c1-3-4-5-6-7-8(2)9;/h8H,3-7H2,1-2H3;1H. The van der Waals surface area contributed by atoms with Crippen molar-refractivity contribution in [2.75, 3.05) is 0 Å². The second-order valence-corrected chi connectivity index (χ2v) is 4.76. The summed E-state index contributed by atoms with van der Waals surface area (Å²) in [6.45, 7) is 4.54. The van der Waals surface area contributed by atoms with Crippen LogP contribution in [0.4, 0.5) is 4.70 Å². The summed E-state index contributed by atoms with van der Waals surface area (Å²) in [7, 11) is 0. The molecule has 0 amide bonds. The van der Waals surface area contributed by atoms with E-state index in [1.54, 1.807) is 0 Å². The summed E-state index contributed by atoms with van der Waals surface area (Å²) in [4.78, 5) is 0. The summed E-state index contributed by atoms with van der Waals surface area (Å²) in [6.07, 6.45) is 7.04. The number of hydrogen-bond donors (Lipinski definition) is 0. The van der Waals surface area contributed by atoms with Crippen molar-refractivity contribution in [3.05, 3.63) is 0 Å². The molecule has 0 rings (SSSR count). The molecule has 0 saturated carbocycles. The van der Waals surface area contributed by atoms with E-state index in [2.05, 4.69) is 36.4 Å². The van der Waals surface area contributed by atoms with Crippen molar-refractivity contribution < 1.29 is 4.70 Å². The molecule has 0 aliphatic heterocycles. The molecule has 64 valence electrons. The highest BCUT2D eigenvalue weighted by Crippen LogP contribution is 2.10. The molecule has 1 atom stereocenters. The van der Waals surface area contributed by atoms with E-state index in [0.29, 0.717) is 0 Å². The SMILES string of the molecule is CCCCCCC(C)I.F. The predicted octanol–water partition coefficient (Wildman–Crippen LogP) is 3.93. The average molecular weight is 260 g/mol. The van der Waals surface area contributed by atoms with Gasteiger partial charge in [0.05, 0.1) is 0 Å². The van der Waals surface area contributed by atoms with E-state index in [4.69, 9.17) is 0 Å². The molecule has 2 heteroatoms. The van der Waals surface area contributed by atoms with Crippen molar-refractivity contribution in [2.24, 2.45) is 0 Å². The van der Waals surface area contributed by atoms with Crippen LogP contribution in [0, 0.1) is 0 Å². The van der Waals surface area contributed by atoms with Gasteiger partial charge in [-0.05, 0) is 6.42 Å². The summed E-state index contributed by atoms with van der Waals surface area (Å²) in [5.74, 6) is 0. The fourth-order valence-corrected chi connectivity index (χ4v) is 1.29. The monoisotopic (exact) mass is 260 g/mol. The first-order chi connectivity index (χ1) is 4.27. The minimum absolute atomic E-state index is 0. The molecule has 1 unspecified atom stereocenters. The van der Waals surface area contributed by atoms with Gasteiger partial charge in [-0.15, -0.1) is 0 Å². The maximum absolute atomic E-state index is 2.49. The highest BCUT2D eigenvalue weighted by molar-refractivity contribution is 14.1.